The maximum atomic E-state index is 13.3. The number of hydrogen-bond donors (Lipinski definition) is 0. The molecule has 0 aromatic heterocycles. The summed E-state index contributed by atoms with van der Waals surface area (Å²) in [7, 11) is -0.866. The standard InChI is InChI=1S/C23H27NO6S/c1-15-11-16(2)22-18(12-15)19(25)14-23(30-22)7-9-24(10-8-23)31(26,27)21-13-17(28-3)5-6-20(21)29-4/h5-6,11-13H,7-10,14H2,1-4H3. The van der Waals surface area contributed by atoms with Crippen molar-refractivity contribution >= 4 is 15.8 Å². The van der Waals surface area contributed by atoms with Gasteiger partial charge < -0.3 is 14.2 Å². The molecule has 31 heavy (non-hydrogen) atoms. The minimum absolute atomic E-state index is 0.0545. The van der Waals surface area contributed by atoms with Crippen molar-refractivity contribution in [3.8, 4) is 17.2 Å². The highest BCUT2D eigenvalue weighted by Gasteiger charge is 2.45. The maximum Gasteiger partial charge on any atom is 0.246 e. The fourth-order valence-electron chi connectivity index (χ4n) is 4.47. The van der Waals surface area contributed by atoms with Gasteiger partial charge in [-0.15, -0.1) is 0 Å². The summed E-state index contributed by atoms with van der Waals surface area (Å²) in [6.07, 6.45) is 1.15. The summed E-state index contributed by atoms with van der Waals surface area (Å²) in [5.41, 5.74) is 1.91. The number of carbonyl (C=O) groups is 1. The number of ketones is 1. The molecule has 2 aromatic carbocycles. The SMILES string of the molecule is COc1ccc(OC)c(S(=O)(=O)N2CCC3(CC2)CC(=O)c2cc(C)cc(C)c2O3)c1. The third kappa shape index (κ3) is 3.78. The van der Waals surface area contributed by atoms with Gasteiger partial charge in [0.2, 0.25) is 10.0 Å². The zero-order chi connectivity index (χ0) is 22.4. The Labute approximate surface area is 183 Å². The van der Waals surface area contributed by atoms with Crippen LogP contribution in [0, 0.1) is 13.8 Å². The van der Waals surface area contributed by atoms with E-state index < -0.39 is 15.6 Å². The van der Waals surface area contributed by atoms with Gasteiger partial charge in [0.15, 0.2) is 5.78 Å². The molecule has 0 amide bonds. The molecule has 2 aliphatic rings. The highest BCUT2D eigenvalue weighted by molar-refractivity contribution is 7.89. The molecule has 8 heteroatoms. The summed E-state index contributed by atoms with van der Waals surface area (Å²) in [5.74, 6) is 1.40. The van der Waals surface area contributed by atoms with Crippen molar-refractivity contribution in [1.82, 2.24) is 4.31 Å². The summed E-state index contributed by atoms with van der Waals surface area (Å²) in [6.45, 7) is 4.42. The van der Waals surface area contributed by atoms with E-state index in [9.17, 15) is 13.2 Å². The molecular formula is C23H27NO6S. The van der Waals surface area contributed by atoms with Gasteiger partial charge in [-0.2, -0.15) is 4.31 Å². The lowest BCUT2D eigenvalue weighted by Gasteiger charge is -2.44. The monoisotopic (exact) mass is 445 g/mol. The second-order valence-corrected chi connectivity index (χ2v) is 10.2. The molecule has 0 unspecified atom stereocenters. The lowest BCUT2D eigenvalue weighted by atomic mass is 9.82. The van der Waals surface area contributed by atoms with Crippen molar-refractivity contribution < 1.29 is 27.4 Å². The largest absolute Gasteiger partial charge is 0.497 e. The Balaban J connectivity index is 1.58. The van der Waals surface area contributed by atoms with E-state index >= 15 is 0 Å². The van der Waals surface area contributed by atoms with Crippen molar-refractivity contribution in [3.05, 3.63) is 47.0 Å². The summed E-state index contributed by atoms with van der Waals surface area (Å²) in [5, 5.41) is 0. The van der Waals surface area contributed by atoms with E-state index in [1.165, 1.54) is 24.6 Å². The van der Waals surface area contributed by atoms with Crippen LogP contribution < -0.4 is 14.2 Å². The Morgan fingerprint density at radius 3 is 2.39 bits per heavy atom. The van der Waals surface area contributed by atoms with Crippen molar-refractivity contribution in [2.75, 3.05) is 27.3 Å². The van der Waals surface area contributed by atoms with E-state index in [4.69, 9.17) is 14.2 Å². The predicted molar refractivity (Wildman–Crippen MR) is 116 cm³/mol. The van der Waals surface area contributed by atoms with E-state index in [0.717, 1.165) is 11.1 Å². The van der Waals surface area contributed by atoms with Crippen molar-refractivity contribution in [3.63, 3.8) is 0 Å². The molecule has 1 fully saturated rings. The smallest absolute Gasteiger partial charge is 0.246 e. The second-order valence-electron chi connectivity index (χ2n) is 8.26. The second kappa shape index (κ2) is 7.84. The van der Waals surface area contributed by atoms with E-state index in [-0.39, 0.29) is 35.9 Å². The van der Waals surface area contributed by atoms with Gasteiger partial charge >= 0.3 is 0 Å². The Bertz CT molecular complexity index is 1130. The number of Topliss-reactive ketones (excluding diaryl/α,β-unsaturated/α-hetero) is 1. The molecular weight excluding hydrogens is 418 g/mol. The fraction of sp³-hybridized carbons (Fsp3) is 0.435. The number of aryl methyl sites for hydroxylation is 2. The van der Waals surface area contributed by atoms with Crippen molar-refractivity contribution in [2.45, 2.75) is 43.6 Å². The zero-order valence-electron chi connectivity index (χ0n) is 18.2. The molecule has 0 atom stereocenters. The topological polar surface area (TPSA) is 82.1 Å². The number of ether oxygens (including phenoxy) is 3. The first-order chi connectivity index (χ1) is 14.7. The van der Waals surface area contributed by atoms with Crippen LogP contribution in [0.25, 0.3) is 0 Å². The normalized spacial score (nSPS) is 18.4. The summed E-state index contributed by atoms with van der Waals surface area (Å²) in [6, 6.07) is 8.58. The molecule has 1 spiro atoms. The minimum atomic E-state index is -3.79. The fourth-order valence-corrected chi connectivity index (χ4v) is 6.09. The predicted octanol–water partition coefficient (Wildman–Crippen LogP) is 3.51. The van der Waals surface area contributed by atoms with E-state index in [1.807, 2.05) is 26.0 Å². The average molecular weight is 446 g/mol. The van der Waals surface area contributed by atoms with E-state index in [0.29, 0.717) is 29.9 Å². The molecule has 0 saturated carbocycles. The lowest BCUT2D eigenvalue weighted by Crippen LogP contribution is -2.52. The molecule has 2 heterocycles. The van der Waals surface area contributed by atoms with E-state index in [1.54, 1.807) is 12.1 Å². The van der Waals surface area contributed by atoms with Gasteiger partial charge in [-0.05, 0) is 43.2 Å². The molecule has 4 rings (SSSR count). The Morgan fingerprint density at radius 2 is 1.74 bits per heavy atom. The highest BCUT2D eigenvalue weighted by atomic mass is 32.2. The van der Waals surface area contributed by atoms with Crippen LogP contribution >= 0.6 is 0 Å². The first-order valence-corrected chi connectivity index (χ1v) is 11.7. The van der Waals surface area contributed by atoms with Gasteiger partial charge in [-0.1, -0.05) is 6.07 Å². The Morgan fingerprint density at radius 1 is 1.03 bits per heavy atom. The number of hydrogen-bond acceptors (Lipinski definition) is 6. The molecule has 166 valence electrons. The average Bonchev–Trinajstić information content (AvgIpc) is 2.74. The van der Waals surface area contributed by atoms with Crippen molar-refractivity contribution in [1.29, 1.82) is 0 Å². The summed E-state index contributed by atoms with van der Waals surface area (Å²) < 4.78 is 45.0. The van der Waals surface area contributed by atoms with Crippen LogP contribution in [-0.2, 0) is 10.0 Å². The molecule has 2 aromatic rings. The lowest BCUT2D eigenvalue weighted by molar-refractivity contribution is 0.00532. The molecule has 0 aliphatic carbocycles. The maximum absolute atomic E-state index is 13.3. The van der Waals surface area contributed by atoms with Gasteiger partial charge in [0, 0.05) is 32.0 Å². The van der Waals surface area contributed by atoms with Crippen LogP contribution in [0.5, 0.6) is 17.2 Å². The molecule has 0 radical (unpaired) electrons. The van der Waals surface area contributed by atoms with Crippen LogP contribution in [0.1, 0.15) is 40.7 Å². The number of piperidine rings is 1. The number of benzene rings is 2. The van der Waals surface area contributed by atoms with E-state index in [2.05, 4.69) is 0 Å². The molecule has 1 saturated heterocycles. The highest BCUT2D eigenvalue weighted by Crippen LogP contribution is 2.42. The number of methoxy groups -OCH3 is 2. The number of sulfonamides is 1. The van der Waals surface area contributed by atoms with Gasteiger partial charge in [0.05, 0.1) is 26.2 Å². The molecule has 0 N–H and O–H groups in total. The Hall–Kier alpha value is -2.58. The van der Waals surface area contributed by atoms with Crippen LogP contribution in [0.2, 0.25) is 0 Å². The third-order valence-corrected chi connectivity index (χ3v) is 8.06. The van der Waals surface area contributed by atoms with Crippen molar-refractivity contribution in [2.24, 2.45) is 0 Å². The first kappa shape index (κ1) is 21.6. The summed E-state index contributed by atoms with van der Waals surface area (Å²) >= 11 is 0. The molecule has 2 aliphatic heterocycles. The molecule has 7 nitrogen and oxygen atoms in total. The summed E-state index contributed by atoms with van der Waals surface area (Å²) in [4.78, 5) is 12.9. The van der Waals surface area contributed by atoms with Gasteiger partial charge in [-0.25, -0.2) is 8.42 Å². The Kier molecular flexibility index (Phi) is 5.47. The number of nitrogens with zero attached hydrogens (tertiary/aromatic N) is 1. The van der Waals surface area contributed by atoms with Crippen LogP contribution in [0.4, 0.5) is 0 Å². The van der Waals surface area contributed by atoms with Gasteiger partial charge in [-0.3, -0.25) is 4.79 Å². The molecule has 0 bridgehead atoms. The van der Waals surface area contributed by atoms with Gasteiger partial charge in [0.1, 0.15) is 27.7 Å². The third-order valence-electron chi connectivity index (χ3n) is 6.14. The number of rotatable bonds is 4. The van der Waals surface area contributed by atoms with Crippen LogP contribution in [0.15, 0.2) is 35.2 Å². The number of fused-ring (bicyclic) bond motifs is 1. The quantitative estimate of drug-likeness (QED) is 0.716. The van der Waals surface area contributed by atoms with Crippen LogP contribution in [-0.4, -0.2) is 51.4 Å². The minimum Gasteiger partial charge on any atom is -0.497 e. The van der Waals surface area contributed by atoms with Crippen LogP contribution in [0.3, 0.4) is 0 Å². The first-order valence-electron chi connectivity index (χ1n) is 10.2. The zero-order valence-corrected chi connectivity index (χ0v) is 19.0. The number of carbonyl (C=O) groups excluding carboxylic acids is 1. The van der Waals surface area contributed by atoms with Gasteiger partial charge in [0.25, 0.3) is 0 Å².